The van der Waals surface area contributed by atoms with E-state index in [-0.39, 0.29) is 12.2 Å². The van der Waals surface area contributed by atoms with Gasteiger partial charge in [0.2, 0.25) is 0 Å². The maximum absolute atomic E-state index is 11.7. The van der Waals surface area contributed by atoms with E-state index < -0.39 is 36.8 Å². The van der Waals surface area contributed by atoms with E-state index in [1.54, 1.807) is 13.8 Å². The largest absolute Gasteiger partial charge is 0.393 e. The lowest BCUT2D eigenvalue weighted by atomic mass is 9.96. The number of anilines is 1. The first-order chi connectivity index (χ1) is 9.40. The average Bonchev–Trinajstić information content (AvgIpc) is 2.43. The summed E-state index contributed by atoms with van der Waals surface area (Å²) < 4.78 is 6.68. The number of aromatic nitrogens is 2. The minimum absolute atomic E-state index is 0.0858. The molecule has 2 atom stereocenters. The van der Waals surface area contributed by atoms with Crippen LogP contribution in [0.5, 0.6) is 0 Å². The molecule has 1 aromatic heterocycles. The second kappa shape index (κ2) is 6.80. The molecule has 0 aromatic carbocycles. The molecular formula is C12H21N3O5. The lowest BCUT2D eigenvalue weighted by Gasteiger charge is -2.36. The summed E-state index contributed by atoms with van der Waals surface area (Å²) in [6, 6.07) is 1.43. The number of aliphatic hydroxyl groups is 3. The highest BCUT2D eigenvalue weighted by Gasteiger charge is 2.39. The highest BCUT2D eigenvalue weighted by Crippen LogP contribution is 2.23. The lowest BCUT2D eigenvalue weighted by Crippen LogP contribution is -2.52. The Kier molecular flexibility index (Phi) is 5.63. The molecule has 0 spiro atoms. The number of rotatable bonds is 7. The van der Waals surface area contributed by atoms with Gasteiger partial charge in [0.05, 0.1) is 19.3 Å². The van der Waals surface area contributed by atoms with Crippen LogP contribution in [-0.4, -0.2) is 49.8 Å². The van der Waals surface area contributed by atoms with Gasteiger partial charge in [0.15, 0.2) is 0 Å². The molecule has 114 valence electrons. The average molecular weight is 287 g/mol. The zero-order chi connectivity index (χ0) is 15.3. The van der Waals surface area contributed by atoms with Crippen LogP contribution in [0.25, 0.3) is 0 Å². The number of ether oxygens (including phenoxy) is 1. The van der Waals surface area contributed by atoms with E-state index in [1.807, 2.05) is 0 Å². The van der Waals surface area contributed by atoms with Gasteiger partial charge in [-0.15, -0.1) is 0 Å². The van der Waals surface area contributed by atoms with Gasteiger partial charge < -0.3 is 25.8 Å². The van der Waals surface area contributed by atoms with Crippen LogP contribution in [0.2, 0.25) is 0 Å². The molecule has 0 aliphatic heterocycles. The van der Waals surface area contributed by atoms with E-state index >= 15 is 0 Å². The van der Waals surface area contributed by atoms with Crippen molar-refractivity contribution in [2.45, 2.75) is 38.2 Å². The molecule has 0 bridgehead atoms. The molecule has 0 saturated heterocycles. The van der Waals surface area contributed by atoms with Crippen LogP contribution in [0.15, 0.2) is 17.1 Å². The SMILES string of the molecule is CCC(O)C(CO)(CO)OC(C)n1ccc(N)nc1=O. The van der Waals surface area contributed by atoms with Gasteiger partial charge in [0.1, 0.15) is 17.6 Å². The first-order valence-corrected chi connectivity index (χ1v) is 6.32. The third-order valence-electron chi connectivity index (χ3n) is 3.18. The van der Waals surface area contributed by atoms with Crippen molar-refractivity contribution in [2.24, 2.45) is 0 Å². The molecule has 0 fully saturated rings. The number of hydrogen-bond acceptors (Lipinski definition) is 7. The topological polar surface area (TPSA) is 131 Å². The first kappa shape index (κ1) is 16.6. The third-order valence-corrected chi connectivity index (χ3v) is 3.18. The van der Waals surface area contributed by atoms with Crippen molar-refractivity contribution >= 4 is 5.82 Å². The lowest BCUT2D eigenvalue weighted by molar-refractivity contribution is -0.209. The summed E-state index contributed by atoms with van der Waals surface area (Å²) in [6.45, 7) is 2.07. The Morgan fingerprint density at radius 1 is 1.50 bits per heavy atom. The summed E-state index contributed by atoms with van der Waals surface area (Å²) in [4.78, 5) is 15.2. The fourth-order valence-corrected chi connectivity index (χ4v) is 1.88. The zero-order valence-corrected chi connectivity index (χ0v) is 11.6. The molecule has 8 nitrogen and oxygen atoms in total. The maximum Gasteiger partial charge on any atom is 0.351 e. The summed E-state index contributed by atoms with van der Waals surface area (Å²) in [5, 5.41) is 28.7. The molecule has 20 heavy (non-hydrogen) atoms. The predicted octanol–water partition coefficient (Wildman–Crippen LogP) is -1.15. The minimum atomic E-state index is -1.55. The minimum Gasteiger partial charge on any atom is -0.393 e. The predicted molar refractivity (Wildman–Crippen MR) is 71.9 cm³/mol. The van der Waals surface area contributed by atoms with Crippen LogP contribution in [0.3, 0.4) is 0 Å². The molecular weight excluding hydrogens is 266 g/mol. The van der Waals surface area contributed by atoms with E-state index in [0.717, 1.165) is 4.57 Å². The van der Waals surface area contributed by atoms with Crippen molar-refractivity contribution in [3.63, 3.8) is 0 Å². The molecule has 0 saturated carbocycles. The molecule has 0 radical (unpaired) electrons. The molecule has 5 N–H and O–H groups in total. The second-order valence-electron chi connectivity index (χ2n) is 4.56. The Balaban J connectivity index is 3.02. The van der Waals surface area contributed by atoms with Crippen LogP contribution in [0, 0.1) is 0 Å². The Morgan fingerprint density at radius 3 is 2.55 bits per heavy atom. The van der Waals surface area contributed by atoms with E-state index in [0.29, 0.717) is 0 Å². The quantitative estimate of drug-likeness (QED) is 0.498. The zero-order valence-electron chi connectivity index (χ0n) is 11.6. The highest BCUT2D eigenvalue weighted by molar-refractivity contribution is 5.23. The maximum atomic E-state index is 11.7. The van der Waals surface area contributed by atoms with Crippen LogP contribution in [-0.2, 0) is 4.74 Å². The molecule has 8 heteroatoms. The molecule has 1 rings (SSSR count). The summed E-state index contributed by atoms with van der Waals surface area (Å²) in [6.07, 6.45) is -0.232. The Labute approximate surface area is 116 Å². The summed E-state index contributed by atoms with van der Waals surface area (Å²) in [5.74, 6) is 0.0858. The van der Waals surface area contributed by atoms with Crippen molar-refractivity contribution in [3.8, 4) is 0 Å². The highest BCUT2D eigenvalue weighted by atomic mass is 16.6. The Morgan fingerprint density at radius 2 is 2.10 bits per heavy atom. The molecule has 1 aromatic rings. The van der Waals surface area contributed by atoms with Gasteiger partial charge in [-0.3, -0.25) is 4.57 Å². The molecule has 2 unspecified atom stereocenters. The Bertz CT molecular complexity index is 486. The number of nitrogens with zero attached hydrogens (tertiary/aromatic N) is 2. The third kappa shape index (κ3) is 3.34. The molecule has 0 aliphatic carbocycles. The van der Waals surface area contributed by atoms with Gasteiger partial charge in [0, 0.05) is 6.20 Å². The van der Waals surface area contributed by atoms with E-state index in [4.69, 9.17) is 10.5 Å². The molecule has 0 amide bonds. The van der Waals surface area contributed by atoms with Gasteiger partial charge in [-0.1, -0.05) is 6.92 Å². The van der Waals surface area contributed by atoms with Gasteiger partial charge >= 0.3 is 5.69 Å². The van der Waals surface area contributed by atoms with Crippen molar-refractivity contribution in [3.05, 3.63) is 22.7 Å². The van der Waals surface area contributed by atoms with Crippen LogP contribution in [0.4, 0.5) is 5.82 Å². The molecule has 0 aliphatic rings. The van der Waals surface area contributed by atoms with Crippen molar-refractivity contribution in [2.75, 3.05) is 18.9 Å². The van der Waals surface area contributed by atoms with Gasteiger partial charge in [-0.2, -0.15) is 4.98 Å². The van der Waals surface area contributed by atoms with Gasteiger partial charge in [0.25, 0.3) is 0 Å². The summed E-state index contributed by atoms with van der Waals surface area (Å²) in [7, 11) is 0. The monoisotopic (exact) mass is 287 g/mol. The second-order valence-corrected chi connectivity index (χ2v) is 4.56. The van der Waals surface area contributed by atoms with Crippen LogP contribution < -0.4 is 11.4 Å². The Hall–Kier alpha value is -1.48. The summed E-state index contributed by atoms with van der Waals surface area (Å²) >= 11 is 0. The van der Waals surface area contributed by atoms with Crippen LogP contribution >= 0.6 is 0 Å². The summed E-state index contributed by atoms with van der Waals surface area (Å²) in [5.41, 5.74) is 3.23. The number of nitrogen functional groups attached to an aromatic ring is 1. The fraction of sp³-hybridized carbons (Fsp3) is 0.667. The first-order valence-electron chi connectivity index (χ1n) is 6.32. The van der Waals surface area contributed by atoms with E-state index in [2.05, 4.69) is 4.98 Å². The van der Waals surface area contributed by atoms with Crippen molar-refractivity contribution in [1.82, 2.24) is 9.55 Å². The fourth-order valence-electron chi connectivity index (χ4n) is 1.88. The smallest absolute Gasteiger partial charge is 0.351 e. The van der Waals surface area contributed by atoms with E-state index in [9.17, 15) is 20.1 Å². The van der Waals surface area contributed by atoms with Crippen LogP contribution in [0.1, 0.15) is 26.5 Å². The normalized spacial score (nSPS) is 15.1. The molecule has 1 heterocycles. The van der Waals surface area contributed by atoms with Gasteiger partial charge in [-0.05, 0) is 19.4 Å². The van der Waals surface area contributed by atoms with E-state index in [1.165, 1.54) is 12.3 Å². The standard InChI is InChI=1S/C12H21N3O5/c1-3-9(18)12(6-16,7-17)20-8(2)15-5-4-10(13)14-11(15)19/h4-5,8-9,16-18H,3,6-7H2,1-2H3,(H2,13,14,19). The number of aliphatic hydroxyl groups excluding tert-OH is 3. The van der Waals surface area contributed by atoms with Crippen molar-refractivity contribution < 1.29 is 20.1 Å². The van der Waals surface area contributed by atoms with Gasteiger partial charge in [-0.25, -0.2) is 4.79 Å². The van der Waals surface area contributed by atoms with Crippen molar-refractivity contribution in [1.29, 1.82) is 0 Å². The number of hydrogen-bond donors (Lipinski definition) is 4. The number of nitrogens with two attached hydrogens (primary N) is 1.